The van der Waals surface area contributed by atoms with Crippen molar-refractivity contribution in [3.8, 4) is 0 Å². The van der Waals surface area contributed by atoms with Gasteiger partial charge in [-0.3, -0.25) is 9.59 Å². The molecule has 0 aromatic heterocycles. The largest absolute Gasteiger partial charge is 0.481 e. The molecule has 4 nitrogen and oxygen atoms in total. The topological polar surface area (TPSA) is 57.6 Å². The fourth-order valence-electron chi connectivity index (χ4n) is 2.49. The molecule has 0 radical (unpaired) electrons. The van der Waals surface area contributed by atoms with Gasteiger partial charge >= 0.3 is 5.97 Å². The Bertz CT molecular complexity index is 506. The summed E-state index contributed by atoms with van der Waals surface area (Å²) in [5.74, 6) is -0.710. The monoisotopic (exact) mass is 297 g/mol. The highest BCUT2D eigenvalue weighted by molar-refractivity contribution is 7.80. The third kappa shape index (κ3) is 3.30. The van der Waals surface area contributed by atoms with Gasteiger partial charge < -0.3 is 10.0 Å². The molecule has 1 N–H and O–H groups in total. The average molecular weight is 297 g/mol. The first-order valence-electron chi connectivity index (χ1n) is 6.39. The molecule has 2 rings (SSSR count). The molecule has 1 aromatic rings. The highest BCUT2D eigenvalue weighted by Gasteiger charge is 2.35. The van der Waals surface area contributed by atoms with E-state index in [1.165, 1.54) is 24.3 Å². The van der Waals surface area contributed by atoms with Gasteiger partial charge in [0.2, 0.25) is 5.91 Å². The SMILES string of the molecule is O=C(O)CC(c1ccc(F)cc1)N1CC(CS)CC1=O. The van der Waals surface area contributed by atoms with Crippen molar-refractivity contribution in [3.05, 3.63) is 35.6 Å². The Morgan fingerprint density at radius 1 is 1.45 bits per heavy atom. The van der Waals surface area contributed by atoms with Crippen LogP contribution in [0.5, 0.6) is 0 Å². The lowest BCUT2D eigenvalue weighted by Crippen LogP contribution is -2.32. The van der Waals surface area contributed by atoms with Gasteiger partial charge in [-0.25, -0.2) is 4.39 Å². The Balaban J connectivity index is 2.26. The summed E-state index contributed by atoms with van der Waals surface area (Å²) >= 11 is 4.19. The zero-order chi connectivity index (χ0) is 14.7. The number of nitrogens with zero attached hydrogens (tertiary/aromatic N) is 1. The maximum Gasteiger partial charge on any atom is 0.305 e. The van der Waals surface area contributed by atoms with E-state index >= 15 is 0 Å². The van der Waals surface area contributed by atoms with Crippen LogP contribution in [0.25, 0.3) is 0 Å². The lowest BCUT2D eigenvalue weighted by Gasteiger charge is -2.27. The van der Waals surface area contributed by atoms with Crippen LogP contribution in [-0.2, 0) is 9.59 Å². The van der Waals surface area contributed by atoms with Crippen LogP contribution in [0.1, 0.15) is 24.4 Å². The molecule has 1 aliphatic rings. The lowest BCUT2D eigenvalue weighted by molar-refractivity contribution is -0.139. The summed E-state index contributed by atoms with van der Waals surface area (Å²) < 4.78 is 13.0. The summed E-state index contributed by atoms with van der Waals surface area (Å²) in [5, 5.41) is 9.04. The summed E-state index contributed by atoms with van der Waals surface area (Å²) in [6, 6.07) is 5.07. The number of carbonyl (C=O) groups is 2. The van der Waals surface area contributed by atoms with E-state index < -0.39 is 12.0 Å². The molecular formula is C14H16FNO3S. The first kappa shape index (κ1) is 14.8. The minimum absolute atomic E-state index is 0.0698. The van der Waals surface area contributed by atoms with E-state index in [1.807, 2.05) is 0 Å². The van der Waals surface area contributed by atoms with Crippen LogP contribution < -0.4 is 0 Å². The van der Waals surface area contributed by atoms with Crippen molar-refractivity contribution < 1.29 is 19.1 Å². The van der Waals surface area contributed by atoms with Crippen LogP contribution in [0.4, 0.5) is 4.39 Å². The van der Waals surface area contributed by atoms with Gasteiger partial charge in [0.1, 0.15) is 5.82 Å². The number of hydrogen-bond acceptors (Lipinski definition) is 3. The van der Waals surface area contributed by atoms with Crippen molar-refractivity contribution in [1.82, 2.24) is 4.90 Å². The highest BCUT2D eigenvalue weighted by Crippen LogP contribution is 2.31. The zero-order valence-corrected chi connectivity index (χ0v) is 11.7. The Morgan fingerprint density at radius 3 is 2.60 bits per heavy atom. The number of carboxylic acids is 1. The molecule has 1 aliphatic heterocycles. The molecule has 0 aliphatic carbocycles. The molecule has 1 saturated heterocycles. The second-order valence-electron chi connectivity index (χ2n) is 4.96. The van der Waals surface area contributed by atoms with Crippen molar-refractivity contribution in [2.24, 2.45) is 5.92 Å². The fraction of sp³-hybridized carbons (Fsp3) is 0.429. The molecule has 6 heteroatoms. The number of benzene rings is 1. The summed E-state index contributed by atoms with van der Waals surface area (Å²) in [4.78, 5) is 24.6. The van der Waals surface area contributed by atoms with E-state index in [-0.39, 0.29) is 24.1 Å². The number of carbonyl (C=O) groups excluding carboxylic acids is 1. The smallest absolute Gasteiger partial charge is 0.305 e. The maximum absolute atomic E-state index is 13.0. The fourth-order valence-corrected chi connectivity index (χ4v) is 2.73. The predicted molar refractivity (Wildman–Crippen MR) is 75.1 cm³/mol. The number of hydrogen-bond donors (Lipinski definition) is 2. The summed E-state index contributed by atoms with van der Waals surface area (Å²) in [6.07, 6.45) is 0.206. The van der Waals surface area contributed by atoms with Gasteiger partial charge in [0.15, 0.2) is 0 Å². The van der Waals surface area contributed by atoms with Gasteiger partial charge in [0.25, 0.3) is 0 Å². The van der Waals surface area contributed by atoms with E-state index in [2.05, 4.69) is 12.6 Å². The molecule has 1 heterocycles. The molecule has 1 fully saturated rings. The van der Waals surface area contributed by atoms with Crippen LogP contribution in [-0.4, -0.2) is 34.2 Å². The number of rotatable bonds is 5. The van der Waals surface area contributed by atoms with Crippen molar-refractivity contribution in [2.75, 3.05) is 12.3 Å². The van der Waals surface area contributed by atoms with E-state index in [9.17, 15) is 14.0 Å². The van der Waals surface area contributed by atoms with Gasteiger partial charge in [-0.05, 0) is 29.4 Å². The van der Waals surface area contributed by atoms with Crippen LogP contribution >= 0.6 is 12.6 Å². The van der Waals surface area contributed by atoms with Gasteiger partial charge in [-0.1, -0.05) is 12.1 Å². The first-order chi connectivity index (χ1) is 9.51. The predicted octanol–water partition coefficient (Wildman–Crippen LogP) is 2.12. The minimum atomic E-state index is -0.985. The number of amides is 1. The molecule has 0 saturated carbocycles. The van der Waals surface area contributed by atoms with Crippen LogP contribution in [0.3, 0.4) is 0 Å². The molecule has 108 valence electrons. The third-order valence-electron chi connectivity index (χ3n) is 3.50. The van der Waals surface area contributed by atoms with Gasteiger partial charge in [-0.2, -0.15) is 12.6 Å². The third-order valence-corrected chi connectivity index (χ3v) is 4.01. The van der Waals surface area contributed by atoms with E-state index in [0.717, 1.165) is 0 Å². The van der Waals surface area contributed by atoms with Crippen molar-refractivity contribution in [1.29, 1.82) is 0 Å². The molecule has 1 aromatic carbocycles. The van der Waals surface area contributed by atoms with Crippen molar-refractivity contribution >= 4 is 24.5 Å². The van der Waals surface area contributed by atoms with E-state index in [1.54, 1.807) is 4.90 Å². The van der Waals surface area contributed by atoms with Gasteiger partial charge in [0, 0.05) is 13.0 Å². The molecule has 1 amide bonds. The molecule has 0 spiro atoms. The average Bonchev–Trinajstić information content (AvgIpc) is 2.78. The van der Waals surface area contributed by atoms with Crippen molar-refractivity contribution in [2.45, 2.75) is 18.9 Å². The van der Waals surface area contributed by atoms with Gasteiger partial charge in [0.05, 0.1) is 12.5 Å². The summed E-state index contributed by atoms with van der Waals surface area (Å²) in [7, 11) is 0. The summed E-state index contributed by atoms with van der Waals surface area (Å²) in [6.45, 7) is 0.498. The number of likely N-dealkylation sites (tertiary alicyclic amines) is 1. The Labute approximate surface area is 122 Å². The quantitative estimate of drug-likeness (QED) is 0.819. The Morgan fingerprint density at radius 2 is 2.10 bits per heavy atom. The molecular weight excluding hydrogens is 281 g/mol. The molecule has 2 unspecified atom stereocenters. The van der Waals surface area contributed by atoms with Gasteiger partial charge in [-0.15, -0.1) is 0 Å². The lowest BCUT2D eigenvalue weighted by atomic mass is 10.0. The second-order valence-corrected chi connectivity index (χ2v) is 5.33. The Kier molecular flexibility index (Phi) is 4.65. The second kappa shape index (κ2) is 6.26. The standard InChI is InChI=1S/C14H16FNO3S/c15-11-3-1-10(2-4-11)12(6-14(18)19)16-7-9(8-20)5-13(16)17/h1-4,9,12,20H,5-8H2,(H,18,19). The van der Waals surface area contributed by atoms with E-state index in [4.69, 9.17) is 5.11 Å². The normalized spacial score (nSPS) is 20.2. The van der Waals surface area contributed by atoms with E-state index in [0.29, 0.717) is 24.3 Å². The van der Waals surface area contributed by atoms with Crippen molar-refractivity contribution in [3.63, 3.8) is 0 Å². The Hall–Kier alpha value is -1.56. The number of halogens is 1. The number of thiol groups is 1. The molecule has 0 bridgehead atoms. The highest BCUT2D eigenvalue weighted by atomic mass is 32.1. The molecule has 2 atom stereocenters. The zero-order valence-electron chi connectivity index (χ0n) is 10.8. The maximum atomic E-state index is 13.0. The minimum Gasteiger partial charge on any atom is -0.481 e. The van der Waals surface area contributed by atoms with Crippen LogP contribution in [0, 0.1) is 11.7 Å². The van der Waals surface area contributed by atoms with Crippen LogP contribution in [0.2, 0.25) is 0 Å². The molecule has 20 heavy (non-hydrogen) atoms. The number of aliphatic carboxylic acids is 1. The number of carboxylic acid groups (broad SMARTS) is 1. The van der Waals surface area contributed by atoms with Crippen LogP contribution in [0.15, 0.2) is 24.3 Å². The summed E-state index contributed by atoms with van der Waals surface area (Å²) in [5.41, 5.74) is 0.641. The first-order valence-corrected chi connectivity index (χ1v) is 7.02.